The van der Waals surface area contributed by atoms with Crippen LogP contribution >= 0.6 is 0 Å². The lowest BCUT2D eigenvalue weighted by atomic mass is 9.75. The summed E-state index contributed by atoms with van der Waals surface area (Å²) in [4.78, 5) is 30.7. The van der Waals surface area contributed by atoms with Crippen molar-refractivity contribution in [2.75, 3.05) is 12.4 Å². The smallest absolute Gasteiger partial charge is 0.255 e. The maximum Gasteiger partial charge on any atom is 0.255 e. The van der Waals surface area contributed by atoms with Gasteiger partial charge in [0.1, 0.15) is 11.6 Å². The van der Waals surface area contributed by atoms with Crippen LogP contribution in [0.5, 0.6) is 5.75 Å². The van der Waals surface area contributed by atoms with E-state index in [4.69, 9.17) is 4.74 Å². The van der Waals surface area contributed by atoms with E-state index < -0.39 is 5.92 Å². The van der Waals surface area contributed by atoms with E-state index in [-0.39, 0.29) is 11.7 Å². The number of benzene rings is 1. The van der Waals surface area contributed by atoms with Gasteiger partial charge in [-0.1, -0.05) is 18.2 Å². The monoisotopic (exact) mass is 403 g/mol. The summed E-state index contributed by atoms with van der Waals surface area (Å²) in [7, 11) is 1.61. The highest BCUT2D eigenvalue weighted by Crippen LogP contribution is 2.42. The Morgan fingerprint density at radius 3 is 2.60 bits per heavy atom. The van der Waals surface area contributed by atoms with Crippen LogP contribution in [0.25, 0.3) is 0 Å². The minimum absolute atomic E-state index is 0.0936. The molecule has 154 valence electrons. The van der Waals surface area contributed by atoms with Crippen molar-refractivity contribution in [3.05, 3.63) is 76.3 Å². The summed E-state index contributed by atoms with van der Waals surface area (Å²) in [5.41, 5.74) is 4.63. The Labute approximate surface area is 176 Å². The maximum atomic E-state index is 13.4. The van der Waals surface area contributed by atoms with Crippen LogP contribution in [-0.4, -0.2) is 23.8 Å². The number of allylic oxidation sites excluding steroid dienone is 3. The third-order valence-electron chi connectivity index (χ3n) is 5.60. The minimum Gasteiger partial charge on any atom is -0.497 e. The summed E-state index contributed by atoms with van der Waals surface area (Å²) in [5.74, 6) is 0.626. The molecular weight excluding hydrogens is 378 g/mol. The second kappa shape index (κ2) is 8.14. The molecule has 4 rings (SSSR count). The first-order chi connectivity index (χ1) is 14.5. The number of aromatic nitrogens is 1. The average Bonchev–Trinajstić information content (AvgIpc) is 2.73. The zero-order valence-electron chi connectivity index (χ0n) is 17.4. The molecule has 2 N–H and O–H groups in total. The number of ketones is 1. The summed E-state index contributed by atoms with van der Waals surface area (Å²) in [6, 6.07) is 13.1. The van der Waals surface area contributed by atoms with Crippen LogP contribution in [0.3, 0.4) is 0 Å². The average molecular weight is 403 g/mol. The normalized spacial score (nSPS) is 18.6. The Morgan fingerprint density at radius 1 is 1.13 bits per heavy atom. The van der Waals surface area contributed by atoms with E-state index in [0.29, 0.717) is 23.4 Å². The van der Waals surface area contributed by atoms with Crippen molar-refractivity contribution in [3.8, 4) is 5.75 Å². The highest BCUT2D eigenvalue weighted by Gasteiger charge is 2.38. The molecule has 1 aromatic heterocycles. The van der Waals surface area contributed by atoms with Crippen LogP contribution in [0.1, 0.15) is 43.4 Å². The SMILES string of the molecule is COc1ccc([C@H]2C(C(=O)Nc3cccc(C)n3)=C(C)NC3=C2C(=O)CCC3)cc1. The number of Topliss-reactive ketones (excluding diaryl/α,β-unsaturated/α-hetero) is 1. The Bertz CT molecular complexity index is 1070. The zero-order chi connectivity index (χ0) is 21.3. The predicted molar refractivity (Wildman–Crippen MR) is 115 cm³/mol. The fourth-order valence-corrected chi connectivity index (χ4v) is 4.21. The molecule has 6 nitrogen and oxygen atoms in total. The molecular formula is C24H25N3O3. The molecule has 6 heteroatoms. The number of hydrogen-bond donors (Lipinski definition) is 2. The first kappa shape index (κ1) is 19.9. The zero-order valence-corrected chi connectivity index (χ0v) is 17.4. The van der Waals surface area contributed by atoms with Gasteiger partial charge in [-0.3, -0.25) is 9.59 Å². The molecule has 1 aliphatic heterocycles. The van der Waals surface area contributed by atoms with Gasteiger partial charge in [-0.25, -0.2) is 4.98 Å². The topological polar surface area (TPSA) is 80.3 Å². The van der Waals surface area contributed by atoms with E-state index in [0.717, 1.165) is 41.2 Å². The molecule has 0 radical (unpaired) electrons. The fraction of sp³-hybridized carbons (Fsp3) is 0.292. The van der Waals surface area contributed by atoms with Gasteiger partial charge in [0.05, 0.1) is 7.11 Å². The lowest BCUT2D eigenvalue weighted by Gasteiger charge is -2.34. The molecule has 2 aliphatic rings. The molecule has 2 heterocycles. The first-order valence-corrected chi connectivity index (χ1v) is 10.1. The van der Waals surface area contributed by atoms with E-state index in [2.05, 4.69) is 15.6 Å². The Kier molecular flexibility index (Phi) is 5.40. The molecule has 1 aliphatic carbocycles. The second-order valence-electron chi connectivity index (χ2n) is 7.66. The largest absolute Gasteiger partial charge is 0.497 e. The maximum absolute atomic E-state index is 13.4. The number of aryl methyl sites for hydroxylation is 1. The highest BCUT2D eigenvalue weighted by molar-refractivity contribution is 6.09. The van der Waals surface area contributed by atoms with Gasteiger partial charge in [-0.05, 0) is 56.5 Å². The van der Waals surface area contributed by atoms with Gasteiger partial charge in [-0.2, -0.15) is 0 Å². The van der Waals surface area contributed by atoms with Gasteiger partial charge < -0.3 is 15.4 Å². The van der Waals surface area contributed by atoms with Gasteiger partial charge in [0, 0.05) is 40.6 Å². The predicted octanol–water partition coefficient (Wildman–Crippen LogP) is 4.01. The van der Waals surface area contributed by atoms with Crippen molar-refractivity contribution >= 4 is 17.5 Å². The summed E-state index contributed by atoms with van der Waals surface area (Å²) in [6.07, 6.45) is 2.13. The van der Waals surface area contributed by atoms with E-state index >= 15 is 0 Å². The summed E-state index contributed by atoms with van der Waals surface area (Å²) < 4.78 is 5.28. The van der Waals surface area contributed by atoms with Gasteiger partial charge in [0.15, 0.2) is 5.78 Å². The van der Waals surface area contributed by atoms with Crippen LogP contribution in [0.15, 0.2) is 65.0 Å². The molecule has 0 bridgehead atoms. The number of ether oxygens (including phenoxy) is 1. The van der Waals surface area contributed by atoms with Crippen LogP contribution in [0.2, 0.25) is 0 Å². The number of dihydropyridines is 1. The lowest BCUT2D eigenvalue weighted by molar-refractivity contribution is -0.116. The molecule has 30 heavy (non-hydrogen) atoms. The highest BCUT2D eigenvalue weighted by atomic mass is 16.5. The molecule has 0 unspecified atom stereocenters. The van der Waals surface area contributed by atoms with Gasteiger partial charge in [-0.15, -0.1) is 0 Å². The van der Waals surface area contributed by atoms with Crippen molar-refractivity contribution in [2.24, 2.45) is 0 Å². The van der Waals surface area contributed by atoms with Gasteiger partial charge in [0.2, 0.25) is 0 Å². The number of carbonyl (C=O) groups is 2. The van der Waals surface area contributed by atoms with E-state index in [1.807, 2.05) is 50.2 Å². The van der Waals surface area contributed by atoms with Crippen molar-refractivity contribution in [1.82, 2.24) is 10.3 Å². The van der Waals surface area contributed by atoms with Crippen molar-refractivity contribution in [1.29, 1.82) is 0 Å². The molecule has 1 aromatic carbocycles. The Balaban J connectivity index is 1.77. The number of amides is 1. The second-order valence-corrected chi connectivity index (χ2v) is 7.66. The quantitative estimate of drug-likeness (QED) is 0.806. The van der Waals surface area contributed by atoms with Crippen molar-refractivity contribution in [3.63, 3.8) is 0 Å². The molecule has 0 saturated carbocycles. The Morgan fingerprint density at radius 2 is 1.90 bits per heavy atom. The third-order valence-corrected chi connectivity index (χ3v) is 5.60. The molecule has 1 atom stereocenters. The summed E-state index contributed by atoms with van der Waals surface area (Å²) >= 11 is 0. The number of rotatable bonds is 4. The molecule has 0 saturated heterocycles. The fourth-order valence-electron chi connectivity index (χ4n) is 4.21. The number of carbonyl (C=O) groups excluding carboxylic acids is 2. The van der Waals surface area contributed by atoms with Crippen molar-refractivity contribution in [2.45, 2.75) is 39.0 Å². The first-order valence-electron chi connectivity index (χ1n) is 10.1. The summed E-state index contributed by atoms with van der Waals surface area (Å²) in [6.45, 7) is 3.76. The number of methoxy groups -OCH3 is 1. The van der Waals surface area contributed by atoms with Crippen LogP contribution in [-0.2, 0) is 9.59 Å². The number of anilines is 1. The molecule has 1 amide bonds. The van der Waals surface area contributed by atoms with Crippen molar-refractivity contribution < 1.29 is 14.3 Å². The number of hydrogen-bond acceptors (Lipinski definition) is 5. The minimum atomic E-state index is -0.426. The van der Waals surface area contributed by atoms with E-state index in [1.54, 1.807) is 13.2 Å². The summed E-state index contributed by atoms with van der Waals surface area (Å²) in [5, 5.41) is 6.24. The van der Waals surface area contributed by atoms with Crippen LogP contribution in [0.4, 0.5) is 5.82 Å². The van der Waals surface area contributed by atoms with Crippen LogP contribution < -0.4 is 15.4 Å². The van der Waals surface area contributed by atoms with Gasteiger partial charge >= 0.3 is 0 Å². The Hall–Kier alpha value is -3.41. The number of nitrogens with zero attached hydrogens (tertiary/aromatic N) is 1. The van der Waals surface area contributed by atoms with Crippen LogP contribution in [0, 0.1) is 6.92 Å². The number of nitrogens with one attached hydrogen (secondary N) is 2. The molecule has 0 spiro atoms. The molecule has 0 fully saturated rings. The third kappa shape index (κ3) is 3.73. The number of pyridine rings is 1. The molecule has 2 aromatic rings. The standard InChI is InChI=1S/C24H25N3O3/c1-14-6-4-9-20(25-14)27-24(29)21-15(2)26-18-7-5-8-19(28)23(18)22(21)16-10-12-17(30-3)13-11-16/h4,6,9-13,22,26H,5,7-8H2,1-3H3,(H,25,27,29)/t22-/m0/s1. The van der Waals surface area contributed by atoms with E-state index in [1.165, 1.54) is 0 Å². The van der Waals surface area contributed by atoms with Gasteiger partial charge in [0.25, 0.3) is 5.91 Å². The lowest BCUT2D eigenvalue weighted by Crippen LogP contribution is -2.35. The van der Waals surface area contributed by atoms with E-state index in [9.17, 15) is 9.59 Å².